The van der Waals surface area contributed by atoms with E-state index in [1.165, 1.54) is 18.4 Å². The van der Waals surface area contributed by atoms with Crippen LogP contribution in [0.5, 0.6) is 0 Å². The minimum Gasteiger partial charge on any atom is -0.0779 e. The molecule has 0 radical (unpaired) electrons. The van der Waals surface area contributed by atoms with Crippen molar-refractivity contribution in [3.05, 3.63) is 23.3 Å². The molecule has 2 rings (SSSR count). The smallest absolute Gasteiger partial charge is 0.0137 e. The fraction of sp³-hybridized carbons (Fsp3) is 0.667. The topological polar surface area (TPSA) is 0 Å². The Morgan fingerprint density at radius 3 is 2.75 bits per heavy atom. The van der Waals surface area contributed by atoms with Crippen LogP contribution >= 0.6 is 0 Å². The molecule has 66 valence electrons. The molecule has 0 aromatic carbocycles. The standard InChI is InChI=1S/C12H18/c1-8-4-10(3)12-7-9(2)6-11(12)5-8/h4-5,9,11-12H,6-7H2,1-3H3. The van der Waals surface area contributed by atoms with Crippen molar-refractivity contribution in [3.8, 4) is 0 Å². The van der Waals surface area contributed by atoms with Gasteiger partial charge < -0.3 is 0 Å². The van der Waals surface area contributed by atoms with E-state index < -0.39 is 0 Å². The second-order valence-corrected chi connectivity index (χ2v) is 4.65. The zero-order valence-electron chi connectivity index (χ0n) is 8.30. The Kier molecular flexibility index (Phi) is 1.86. The average Bonchev–Trinajstić information content (AvgIpc) is 2.29. The summed E-state index contributed by atoms with van der Waals surface area (Å²) in [5.74, 6) is 2.68. The van der Waals surface area contributed by atoms with Gasteiger partial charge in [-0.25, -0.2) is 0 Å². The maximum absolute atomic E-state index is 2.47. The van der Waals surface area contributed by atoms with Crippen molar-refractivity contribution >= 4 is 0 Å². The second kappa shape index (κ2) is 2.76. The third kappa shape index (κ3) is 1.24. The van der Waals surface area contributed by atoms with Gasteiger partial charge in [-0.2, -0.15) is 0 Å². The molecule has 0 aliphatic heterocycles. The molecule has 2 aliphatic rings. The molecule has 0 N–H and O–H groups in total. The van der Waals surface area contributed by atoms with Gasteiger partial charge in [-0.1, -0.05) is 30.2 Å². The normalized spacial score (nSPS) is 40.4. The van der Waals surface area contributed by atoms with Crippen LogP contribution in [-0.4, -0.2) is 0 Å². The first kappa shape index (κ1) is 8.10. The van der Waals surface area contributed by atoms with E-state index in [2.05, 4.69) is 32.9 Å². The summed E-state index contributed by atoms with van der Waals surface area (Å²) in [4.78, 5) is 0. The lowest BCUT2D eigenvalue weighted by Gasteiger charge is -2.22. The molecule has 3 unspecified atom stereocenters. The van der Waals surface area contributed by atoms with E-state index in [1.807, 2.05) is 0 Å². The largest absolute Gasteiger partial charge is 0.0779 e. The highest BCUT2D eigenvalue weighted by Gasteiger charge is 2.32. The zero-order valence-corrected chi connectivity index (χ0v) is 8.30. The van der Waals surface area contributed by atoms with Crippen molar-refractivity contribution in [2.24, 2.45) is 17.8 Å². The van der Waals surface area contributed by atoms with Crippen LogP contribution in [0.2, 0.25) is 0 Å². The summed E-state index contributed by atoms with van der Waals surface area (Å²) in [6, 6.07) is 0. The SMILES string of the molecule is CC1=CC2CC(C)CC2C(C)=C1. The number of hydrogen-bond donors (Lipinski definition) is 0. The van der Waals surface area contributed by atoms with Gasteiger partial charge in [-0.3, -0.25) is 0 Å². The van der Waals surface area contributed by atoms with Crippen LogP contribution in [0.25, 0.3) is 0 Å². The first-order valence-corrected chi connectivity index (χ1v) is 5.03. The molecule has 12 heavy (non-hydrogen) atoms. The summed E-state index contributed by atoms with van der Waals surface area (Å²) < 4.78 is 0. The molecule has 0 aromatic rings. The minimum absolute atomic E-state index is 0.866. The maximum Gasteiger partial charge on any atom is -0.0137 e. The molecule has 0 spiro atoms. The Labute approximate surface area is 75.4 Å². The van der Waals surface area contributed by atoms with E-state index >= 15 is 0 Å². The third-order valence-electron chi connectivity index (χ3n) is 3.36. The van der Waals surface area contributed by atoms with Crippen LogP contribution in [0, 0.1) is 17.8 Å². The number of allylic oxidation sites excluding steroid dienone is 4. The first-order valence-electron chi connectivity index (χ1n) is 5.03. The quantitative estimate of drug-likeness (QED) is 0.511. The average molecular weight is 162 g/mol. The summed E-state index contributed by atoms with van der Waals surface area (Å²) in [6.07, 6.45) is 7.66. The number of fused-ring (bicyclic) bond motifs is 1. The van der Waals surface area contributed by atoms with Crippen LogP contribution in [0.3, 0.4) is 0 Å². The van der Waals surface area contributed by atoms with Crippen LogP contribution in [0.1, 0.15) is 33.6 Å². The highest BCUT2D eigenvalue weighted by atomic mass is 14.4. The zero-order chi connectivity index (χ0) is 8.72. The maximum atomic E-state index is 2.47. The highest BCUT2D eigenvalue weighted by Crippen LogP contribution is 2.43. The first-order chi connectivity index (χ1) is 5.66. The van der Waals surface area contributed by atoms with E-state index in [-0.39, 0.29) is 0 Å². The fourth-order valence-corrected chi connectivity index (χ4v) is 2.89. The van der Waals surface area contributed by atoms with E-state index in [0.717, 1.165) is 17.8 Å². The van der Waals surface area contributed by atoms with Crippen molar-refractivity contribution in [2.45, 2.75) is 33.6 Å². The van der Waals surface area contributed by atoms with Gasteiger partial charge in [-0.15, -0.1) is 0 Å². The Hall–Kier alpha value is -0.520. The molecule has 0 nitrogen and oxygen atoms in total. The Bertz CT molecular complexity index is 245. The van der Waals surface area contributed by atoms with Gasteiger partial charge in [0, 0.05) is 0 Å². The molecular weight excluding hydrogens is 144 g/mol. The number of hydrogen-bond acceptors (Lipinski definition) is 0. The summed E-state index contributed by atoms with van der Waals surface area (Å²) in [5, 5.41) is 0. The fourth-order valence-electron chi connectivity index (χ4n) is 2.89. The van der Waals surface area contributed by atoms with Crippen LogP contribution in [-0.2, 0) is 0 Å². The van der Waals surface area contributed by atoms with Crippen LogP contribution < -0.4 is 0 Å². The molecule has 0 heteroatoms. The van der Waals surface area contributed by atoms with Crippen molar-refractivity contribution < 1.29 is 0 Å². The molecular formula is C12H18. The molecule has 1 saturated carbocycles. The second-order valence-electron chi connectivity index (χ2n) is 4.65. The van der Waals surface area contributed by atoms with E-state index in [0.29, 0.717) is 0 Å². The molecule has 0 saturated heterocycles. The predicted octanol–water partition coefficient (Wildman–Crippen LogP) is 3.55. The van der Waals surface area contributed by atoms with Gasteiger partial charge in [0.05, 0.1) is 0 Å². The minimum atomic E-state index is 0.866. The third-order valence-corrected chi connectivity index (χ3v) is 3.36. The Morgan fingerprint density at radius 1 is 1.25 bits per heavy atom. The molecule has 2 aliphatic carbocycles. The lowest BCUT2D eigenvalue weighted by Crippen LogP contribution is -2.10. The van der Waals surface area contributed by atoms with Gasteiger partial charge in [-0.05, 0) is 44.4 Å². The molecule has 3 atom stereocenters. The van der Waals surface area contributed by atoms with Crippen molar-refractivity contribution in [1.82, 2.24) is 0 Å². The van der Waals surface area contributed by atoms with Gasteiger partial charge in [0.25, 0.3) is 0 Å². The van der Waals surface area contributed by atoms with Crippen molar-refractivity contribution in [3.63, 3.8) is 0 Å². The Balaban J connectivity index is 2.25. The van der Waals surface area contributed by atoms with E-state index in [9.17, 15) is 0 Å². The van der Waals surface area contributed by atoms with E-state index in [1.54, 1.807) is 5.57 Å². The van der Waals surface area contributed by atoms with E-state index in [4.69, 9.17) is 0 Å². The summed E-state index contributed by atoms with van der Waals surface area (Å²) in [6.45, 7) is 6.91. The molecule has 0 heterocycles. The monoisotopic (exact) mass is 162 g/mol. The molecule has 0 bridgehead atoms. The van der Waals surface area contributed by atoms with Gasteiger partial charge in [0.1, 0.15) is 0 Å². The lowest BCUT2D eigenvalue weighted by molar-refractivity contribution is 0.518. The molecule has 0 aromatic heterocycles. The lowest BCUT2D eigenvalue weighted by atomic mass is 9.83. The highest BCUT2D eigenvalue weighted by molar-refractivity contribution is 5.30. The van der Waals surface area contributed by atoms with Crippen LogP contribution in [0.15, 0.2) is 23.3 Å². The van der Waals surface area contributed by atoms with Crippen LogP contribution in [0.4, 0.5) is 0 Å². The summed E-state index contributed by atoms with van der Waals surface area (Å²) >= 11 is 0. The molecule has 1 fully saturated rings. The Morgan fingerprint density at radius 2 is 2.00 bits per heavy atom. The van der Waals surface area contributed by atoms with Gasteiger partial charge in [0.2, 0.25) is 0 Å². The van der Waals surface area contributed by atoms with Crippen molar-refractivity contribution in [2.75, 3.05) is 0 Å². The van der Waals surface area contributed by atoms with Crippen molar-refractivity contribution in [1.29, 1.82) is 0 Å². The predicted molar refractivity (Wildman–Crippen MR) is 52.9 cm³/mol. The van der Waals surface area contributed by atoms with Gasteiger partial charge >= 0.3 is 0 Å². The number of rotatable bonds is 0. The molecule has 0 amide bonds. The summed E-state index contributed by atoms with van der Waals surface area (Å²) in [7, 11) is 0. The summed E-state index contributed by atoms with van der Waals surface area (Å²) in [5.41, 5.74) is 3.09. The van der Waals surface area contributed by atoms with Gasteiger partial charge in [0.15, 0.2) is 0 Å².